The molecule has 0 spiro atoms. The van der Waals surface area contributed by atoms with Crippen LogP contribution in [0.2, 0.25) is 0 Å². The summed E-state index contributed by atoms with van der Waals surface area (Å²) in [5.41, 5.74) is 0. The molecule has 0 heterocycles. The molecule has 76 valence electrons. The fourth-order valence-electron chi connectivity index (χ4n) is 1.34. The molecule has 0 aromatic rings. The summed E-state index contributed by atoms with van der Waals surface area (Å²) in [5, 5.41) is 2.74. The van der Waals surface area contributed by atoms with E-state index in [-0.39, 0.29) is 12.2 Å². The zero-order valence-corrected chi connectivity index (χ0v) is 8.51. The molecule has 0 saturated heterocycles. The molecule has 1 amide bonds. The lowest BCUT2D eigenvalue weighted by Crippen LogP contribution is -2.26. The number of ether oxygens (including phenoxy) is 1. The SMILES string of the molecule is CCCCNC(=O)OC1CC1CC. The highest BCUT2D eigenvalue weighted by molar-refractivity contribution is 5.67. The molecule has 0 aromatic heterocycles. The topological polar surface area (TPSA) is 38.3 Å². The van der Waals surface area contributed by atoms with Crippen LogP contribution in [0.5, 0.6) is 0 Å². The molecule has 3 nitrogen and oxygen atoms in total. The summed E-state index contributed by atoms with van der Waals surface area (Å²) in [6.45, 7) is 4.96. The van der Waals surface area contributed by atoms with E-state index in [1.165, 1.54) is 0 Å². The Morgan fingerprint density at radius 3 is 2.85 bits per heavy atom. The van der Waals surface area contributed by atoms with E-state index in [1.807, 2.05) is 0 Å². The zero-order valence-electron chi connectivity index (χ0n) is 8.51. The van der Waals surface area contributed by atoms with Gasteiger partial charge in [-0.1, -0.05) is 20.3 Å². The molecule has 1 N–H and O–H groups in total. The second kappa shape index (κ2) is 5.10. The summed E-state index contributed by atoms with van der Waals surface area (Å²) in [7, 11) is 0. The molecule has 0 aliphatic heterocycles. The maximum Gasteiger partial charge on any atom is 0.407 e. The van der Waals surface area contributed by atoms with Crippen LogP contribution in [0.1, 0.15) is 39.5 Å². The molecular formula is C10H19NO2. The van der Waals surface area contributed by atoms with Crippen LogP contribution in [0.4, 0.5) is 4.79 Å². The van der Waals surface area contributed by atoms with Crippen molar-refractivity contribution in [3.05, 3.63) is 0 Å². The largest absolute Gasteiger partial charge is 0.446 e. The molecular weight excluding hydrogens is 166 g/mol. The van der Waals surface area contributed by atoms with Gasteiger partial charge < -0.3 is 10.1 Å². The van der Waals surface area contributed by atoms with E-state index in [9.17, 15) is 4.79 Å². The molecule has 1 rings (SSSR count). The van der Waals surface area contributed by atoms with Crippen LogP contribution in [0.15, 0.2) is 0 Å². The van der Waals surface area contributed by atoms with Crippen LogP contribution in [-0.4, -0.2) is 18.7 Å². The first-order chi connectivity index (χ1) is 6.27. The Morgan fingerprint density at radius 2 is 2.31 bits per heavy atom. The normalized spacial score (nSPS) is 25.4. The van der Waals surface area contributed by atoms with E-state index in [0.29, 0.717) is 5.92 Å². The van der Waals surface area contributed by atoms with Crippen LogP contribution >= 0.6 is 0 Å². The molecule has 0 bridgehead atoms. The number of alkyl carbamates (subject to hydrolysis) is 1. The molecule has 0 aromatic carbocycles. The van der Waals surface area contributed by atoms with Crippen molar-refractivity contribution in [1.82, 2.24) is 5.32 Å². The van der Waals surface area contributed by atoms with E-state index in [1.54, 1.807) is 0 Å². The summed E-state index contributed by atoms with van der Waals surface area (Å²) >= 11 is 0. The van der Waals surface area contributed by atoms with Crippen molar-refractivity contribution in [3.63, 3.8) is 0 Å². The molecule has 1 aliphatic rings. The second-order valence-corrected chi connectivity index (χ2v) is 3.63. The molecule has 3 heteroatoms. The van der Waals surface area contributed by atoms with Crippen LogP contribution < -0.4 is 5.32 Å². The summed E-state index contributed by atoms with van der Waals surface area (Å²) in [6, 6.07) is 0. The third kappa shape index (κ3) is 3.66. The molecule has 2 atom stereocenters. The van der Waals surface area contributed by atoms with E-state index in [2.05, 4.69) is 19.2 Å². The minimum Gasteiger partial charge on any atom is -0.446 e. The van der Waals surface area contributed by atoms with Crippen LogP contribution in [-0.2, 0) is 4.74 Å². The fraction of sp³-hybridized carbons (Fsp3) is 0.900. The Balaban J connectivity index is 1.99. The Kier molecular flexibility index (Phi) is 4.06. The first-order valence-electron chi connectivity index (χ1n) is 5.22. The Labute approximate surface area is 79.8 Å². The second-order valence-electron chi connectivity index (χ2n) is 3.63. The Hall–Kier alpha value is -0.730. The van der Waals surface area contributed by atoms with Gasteiger partial charge in [-0.25, -0.2) is 4.79 Å². The molecule has 13 heavy (non-hydrogen) atoms. The summed E-state index contributed by atoms with van der Waals surface area (Å²) in [6.07, 6.45) is 4.25. The van der Waals surface area contributed by atoms with Gasteiger partial charge in [0, 0.05) is 6.54 Å². The molecule has 1 saturated carbocycles. The van der Waals surface area contributed by atoms with E-state index in [0.717, 1.165) is 32.2 Å². The number of carbonyl (C=O) groups is 1. The van der Waals surface area contributed by atoms with Gasteiger partial charge in [0.15, 0.2) is 0 Å². The Bertz CT molecular complexity index is 170. The van der Waals surface area contributed by atoms with Gasteiger partial charge in [0.2, 0.25) is 0 Å². The van der Waals surface area contributed by atoms with Crippen molar-refractivity contribution in [2.45, 2.75) is 45.6 Å². The van der Waals surface area contributed by atoms with Gasteiger partial charge in [0.25, 0.3) is 0 Å². The van der Waals surface area contributed by atoms with Gasteiger partial charge in [-0.05, 0) is 25.2 Å². The number of amides is 1. The zero-order chi connectivity index (χ0) is 9.68. The highest BCUT2D eigenvalue weighted by Crippen LogP contribution is 2.36. The lowest BCUT2D eigenvalue weighted by Gasteiger charge is -2.05. The summed E-state index contributed by atoms with van der Waals surface area (Å²) < 4.78 is 5.16. The molecule has 1 fully saturated rings. The smallest absolute Gasteiger partial charge is 0.407 e. The van der Waals surface area contributed by atoms with Gasteiger partial charge >= 0.3 is 6.09 Å². The third-order valence-corrected chi connectivity index (χ3v) is 2.44. The number of rotatable bonds is 5. The lowest BCUT2D eigenvalue weighted by atomic mass is 10.3. The van der Waals surface area contributed by atoms with Crippen molar-refractivity contribution in [2.75, 3.05) is 6.54 Å². The average Bonchev–Trinajstić information content (AvgIpc) is 2.84. The van der Waals surface area contributed by atoms with E-state index in [4.69, 9.17) is 4.74 Å². The summed E-state index contributed by atoms with van der Waals surface area (Å²) in [4.78, 5) is 11.1. The van der Waals surface area contributed by atoms with Gasteiger partial charge in [-0.15, -0.1) is 0 Å². The average molecular weight is 185 g/mol. The monoisotopic (exact) mass is 185 g/mol. The van der Waals surface area contributed by atoms with Crippen LogP contribution in [0.25, 0.3) is 0 Å². The van der Waals surface area contributed by atoms with Crippen LogP contribution in [0.3, 0.4) is 0 Å². The Morgan fingerprint density at radius 1 is 1.54 bits per heavy atom. The van der Waals surface area contributed by atoms with Gasteiger partial charge in [0.05, 0.1) is 0 Å². The quantitative estimate of drug-likeness (QED) is 0.667. The van der Waals surface area contributed by atoms with Crippen molar-refractivity contribution in [2.24, 2.45) is 5.92 Å². The van der Waals surface area contributed by atoms with Crippen LogP contribution in [0, 0.1) is 5.92 Å². The number of nitrogens with one attached hydrogen (secondary N) is 1. The van der Waals surface area contributed by atoms with Gasteiger partial charge in [-0.3, -0.25) is 0 Å². The minimum atomic E-state index is -0.241. The standard InChI is InChI=1S/C10H19NO2/c1-3-5-6-11-10(12)13-9-7-8(9)4-2/h8-9H,3-7H2,1-2H3,(H,11,12). The highest BCUT2D eigenvalue weighted by atomic mass is 16.6. The molecule has 1 aliphatic carbocycles. The van der Waals surface area contributed by atoms with Gasteiger partial charge in [0.1, 0.15) is 6.10 Å². The lowest BCUT2D eigenvalue weighted by molar-refractivity contribution is 0.133. The number of hydrogen-bond acceptors (Lipinski definition) is 2. The highest BCUT2D eigenvalue weighted by Gasteiger charge is 2.38. The van der Waals surface area contributed by atoms with Crippen molar-refractivity contribution >= 4 is 6.09 Å². The van der Waals surface area contributed by atoms with Crippen molar-refractivity contribution < 1.29 is 9.53 Å². The number of carbonyl (C=O) groups excluding carboxylic acids is 1. The number of hydrogen-bond donors (Lipinski definition) is 1. The number of unbranched alkanes of at least 4 members (excludes halogenated alkanes) is 1. The minimum absolute atomic E-state index is 0.201. The molecule has 2 unspecified atom stereocenters. The first kappa shape index (κ1) is 10.4. The molecule has 0 radical (unpaired) electrons. The maximum atomic E-state index is 11.1. The van der Waals surface area contributed by atoms with E-state index < -0.39 is 0 Å². The fourth-order valence-corrected chi connectivity index (χ4v) is 1.34. The third-order valence-electron chi connectivity index (χ3n) is 2.44. The predicted octanol–water partition coefficient (Wildman–Crippen LogP) is 2.31. The van der Waals surface area contributed by atoms with Gasteiger partial charge in [-0.2, -0.15) is 0 Å². The van der Waals surface area contributed by atoms with Crippen molar-refractivity contribution in [3.8, 4) is 0 Å². The maximum absolute atomic E-state index is 11.1. The predicted molar refractivity (Wildman–Crippen MR) is 51.6 cm³/mol. The van der Waals surface area contributed by atoms with E-state index >= 15 is 0 Å². The van der Waals surface area contributed by atoms with Crippen molar-refractivity contribution in [1.29, 1.82) is 0 Å². The summed E-state index contributed by atoms with van der Waals surface area (Å²) in [5.74, 6) is 0.622. The first-order valence-corrected chi connectivity index (χ1v) is 5.22.